The Bertz CT molecular complexity index is 290. The van der Waals surface area contributed by atoms with Crippen molar-refractivity contribution in [3.8, 4) is 0 Å². The van der Waals surface area contributed by atoms with E-state index in [9.17, 15) is 4.79 Å². The molecule has 0 aromatic heterocycles. The fourth-order valence-corrected chi connectivity index (χ4v) is 0.972. The highest BCUT2D eigenvalue weighted by molar-refractivity contribution is 5.85. The molecule has 1 rings (SSSR count). The molecule has 0 spiro atoms. The average molecular weight is 230 g/mol. The van der Waals surface area contributed by atoms with Crippen LogP contribution in [0.15, 0.2) is 30.3 Å². The Morgan fingerprint density at radius 1 is 1.40 bits per heavy atom. The number of benzene rings is 1. The number of carbonyl (C=O) groups excluding carboxylic acids is 1. The summed E-state index contributed by atoms with van der Waals surface area (Å²) in [6, 6.07) is 9.38. The summed E-state index contributed by atoms with van der Waals surface area (Å²) < 4.78 is 5.08. The highest BCUT2D eigenvalue weighted by Gasteiger charge is 2.10. The largest absolute Gasteiger partial charge is 0.460 e. The molecule has 1 aromatic carbocycles. The second-order valence-corrected chi connectivity index (χ2v) is 3.10. The van der Waals surface area contributed by atoms with Crippen LogP contribution in [0.4, 0.5) is 0 Å². The number of halogens is 1. The molecule has 3 nitrogen and oxygen atoms in total. The van der Waals surface area contributed by atoms with Crippen molar-refractivity contribution < 1.29 is 9.53 Å². The molecule has 84 valence electrons. The zero-order valence-electron chi connectivity index (χ0n) is 8.90. The lowest BCUT2D eigenvalue weighted by Crippen LogP contribution is -2.32. The van der Waals surface area contributed by atoms with Gasteiger partial charge < -0.3 is 10.1 Å². The Morgan fingerprint density at radius 3 is 2.53 bits per heavy atom. The SMILES string of the molecule is CN[C@H](C)C(=O)OCc1ccccc1.Cl. The normalized spacial score (nSPS) is 11.3. The third-order valence-electron chi connectivity index (χ3n) is 2.01. The summed E-state index contributed by atoms with van der Waals surface area (Å²) in [5, 5.41) is 2.83. The lowest BCUT2D eigenvalue weighted by Gasteiger charge is -2.09. The summed E-state index contributed by atoms with van der Waals surface area (Å²) in [5.41, 5.74) is 1.00. The van der Waals surface area contributed by atoms with Gasteiger partial charge in [0, 0.05) is 0 Å². The van der Waals surface area contributed by atoms with Crippen molar-refractivity contribution in [1.29, 1.82) is 0 Å². The van der Waals surface area contributed by atoms with Gasteiger partial charge in [-0.3, -0.25) is 4.79 Å². The van der Waals surface area contributed by atoms with Gasteiger partial charge in [-0.15, -0.1) is 12.4 Å². The Balaban J connectivity index is 0.00000196. The molecule has 0 saturated carbocycles. The van der Waals surface area contributed by atoms with E-state index in [1.54, 1.807) is 14.0 Å². The molecule has 0 heterocycles. The molecule has 0 fully saturated rings. The standard InChI is InChI=1S/C11H15NO2.ClH/c1-9(12-2)11(13)14-8-10-6-4-3-5-7-10;/h3-7,9,12H,8H2,1-2H3;1H/t9-;/m1./s1. The molecule has 1 atom stereocenters. The number of esters is 1. The van der Waals surface area contributed by atoms with Crippen molar-refractivity contribution in [2.45, 2.75) is 19.6 Å². The van der Waals surface area contributed by atoms with Crippen molar-refractivity contribution in [3.63, 3.8) is 0 Å². The molecule has 0 saturated heterocycles. The molecule has 1 N–H and O–H groups in total. The second kappa shape index (κ2) is 7.26. The Morgan fingerprint density at radius 2 is 2.00 bits per heavy atom. The maximum Gasteiger partial charge on any atom is 0.323 e. The molecule has 0 bridgehead atoms. The number of carbonyl (C=O) groups is 1. The monoisotopic (exact) mass is 229 g/mol. The van der Waals surface area contributed by atoms with E-state index in [1.165, 1.54) is 0 Å². The van der Waals surface area contributed by atoms with Gasteiger partial charge in [0.15, 0.2) is 0 Å². The van der Waals surface area contributed by atoms with Crippen molar-refractivity contribution >= 4 is 18.4 Å². The van der Waals surface area contributed by atoms with Crippen LogP contribution < -0.4 is 5.32 Å². The molecule has 0 unspecified atom stereocenters. The zero-order valence-corrected chi connectivity index (χ0v) is 9.71. The topological polar surface area (TPSA) is 38.3 Å². The van der Waals surface area contributed by atoms with Gasteiger partial charge in [0.2, 0.25) is 0 Å². The molecule has 0 aliphatic heterocycles. The fourth-order valence-electron chi connectivity index (χ4n) is 0.972. The first-order valence-corrected chi connectivity index (χ1v) is 4.62. The number of hydrogen-bond donors (Lipinski definition) is 1. The van der Waals surface area contributed by atoms with Crippen LogP contribution in [0.5, 0.6) is 0 Å². The minimum Gasteiger partial charge on any atom is -0.460 e. The molecule has 1 aromatic rings. The number of likely N-dealkylation sites (N-methyl/N-ethyl adjacent to an activating group) is 1. The van der Waals surface area contributed by atoms with Crippen LogP contribution in [0.2, 0.25) is 0 Å². The lowest BCUT2D eigenvalue weighted by atomic mass is 10.2. The van der Waals surface area contributed by atoms with Crippen molar-refractivity contribution in [2.24, 2.45) is 0 Å². The highest BCUT2D eigenvalue weighted by atomic mass is 35.5. The first-order valence-electron chi connectivity index (χ1n) is 4.62. The van der Waals surface area contributed by atoms with Gasteiger partial charge in [-0.25, -0.2) is 0 Å². The Kier molecular flexibility index (Phi) is 6.75. The minimum atomic E-state index is -0.251. The highest BCUT2D eigenvalue weighted by Crippen LogP contribution is 2.01. The number of nitrogens with one attached hydrogen (secondary N) is 1. The van der Waals surface area contributed by atoms with E-state index in [-0.39, 0.29) is 24.4 Å². The molecule has 4 heteroatoms. The van der Waals surface area contributed by atoms with Crippen LogP contribution in [0.25, 0.3) is 0 Å². The number of ether oxygens (including phenoxy) is 1. The van der Waals surface area contributed by atoms with E-state index in [1.807, 2.05) is 30.3 Å². The average Bonchev–Trinajstić information content (AvgIpc) is 2.26. The Labute approximate surface area is 96.2 Å². The van der Waals surface area contributed by atoms with Crippen LogP contribution in [-0.4, -0.2) is 19.1 Å². The van der Waals surface area contributed by atoms with Crippen molar-refractivity contribution in [2.75, 3.05) is 7.05 Å². The quantitative estimate of drug-likeness (QED) is 0.800. The minimum absolute atomic E-state index is 0. The third kappa shape index (κ3) is 4.81. The van der Waals surface area contributed by atoms with Crippen LogP contribution in [0.1, 0.15) is 12.5 Å². The third-order valence-corrected chi connectivity index (χ3v) is 2.01. The van der Waals surface area contributed by atoms with Gasteiger partial charge in [0.1, 0.15) is 12.6 Å². The van der Waals surface area contributed by atoms with Crippen LogP contribution in [0, 0.1) is 0 Å². The number of hydrogen-bond acceptors (Lipinski definition) is 3. The molecule has 0 aliphatic carbocycles. The number of rotatable bonds is 4. The fraction of sp³-hybridized carbons (Fsp3) is 0.364. The van der Waals surface area contributed by atoms with Gasteiger partial charge in [-0.2, -0.15) is 0 Å². The van der Waals surface area contributed by atoms with E-state index in [2.05, 4.69) is 5.32 Å². The van der Waals surface area contributed by atoms with Crippen LogP contribution in [0.3, 0.4) is 0 Å². The molecule has 0 aliphatic rings. The smallest absolute Gasteiger partial charge is 0.323 e. The molecule has 0 amide bonds. The van der Waals surface area contributed by atoms with Crippen LogP contribution >= 0.6 is 12.4 Å². The van der Waals surface area contributed by atoms with Crippen molar-refractivity contribution in [1.82, 2.24) is 5.32 Å². The van der Waals surface area contributed by atoms with Crippen LogP contribution in [-0.2, 0) is 16.1 Å². The zero-order chi connectivity index (χ0) is 10.4. The first-order chi connectivity index (χ1) is 6.74. The van der Waals surface area contributed by atoms with Crippen molar-refractivity contribution in [3.05, 3.63) is 35.9 Å². The van der Waals surface area contributed by atoms with Gasteiger partial charge in [0.05, 0.1) is 0 Å². The van der Waals surface area contributed by atoms with E-state index in [0.717, 1.165) is 5.56 Å². The molecule has 0 radical (unpaired) electrons. The van der Waals surface area contributed by atoms with Gasteiger partial charge in [-0.1, -0.05) is 30.3 Å². The maximum atomic E-state index is 11.3. The summed E-state index contributed by atoms with van der Waals surface area (Å²) in [6.07, 6.45) is 0. The van der Waals surface area contributed by atoms with E-state index in [0.29, 0.717) is 6.61 Å². The predicted octanol–water partition coefficient (Wildman–Crippen LogP) is 1.76. The molecular weight excluding hydrogens is 214 g/mol. The molecule has 15 heavy (non-hydrogen) atoms. The van der Waals surface area contributed by atoms with E-state index < -0.39 is 0 Å². The second-order valence-electron chi connectivity index (χ2n) is 3.10. The van der Waals surface area contributed by atoms with Gasteiger partial charge in [0.25, 0.3) is 0 Å². The summed E-state index contributed by atoms with van der Waals surface area (Å²) in [4.78, 5) is 11.3. The summed E-state index contributed by atoms with van der Waals surface area (Å²) in [6.45, 7) is 2.11. The van der Waals surface area contributed by atoms with Gasteiger partial charge >= 0.3 is 5.97 Å². The lowest BCUT2D eigenvalue weighted by molar-refractivity contribution is -0.146. The van der Waals surface area contributed by atoms with E-state index in [4.69, 9.17) is 4.74 Å². The first kappa shape index (κ1) is 13.9. The van der Waals surface area contributed by atoms with Gasteiger partial charge in [-0.05, 0) is 19.5 Å². The maximum absolute atomic E-state index is 11.3. The molecular formula is C11H16ClNO2. The summed E-state index contributed by atoms with van der Waals surface area (Å²) in [7, 11) is 1.73. The summed E-state index contributed by atoms with van der Waals surface area (Å²) in [5.74, 6) is -0.226. The van der Waals surface area contributed by atoms with E-state index >= 15 is 0 Å². The summed E-state index contributed by atoms with van der Waals surface area (Å²) >= 11 is 0. The Hall–Kier alpha value is -1.06. The predicted molar refractivity (Wildman–Crippen MR) is 62.0 cm³/mol.